The van der Waals surface area contributed by atoms with E-state index < -0.39 is 22.8 Å². The molecule has 3 aromatic carbocycles. The summed E-state index contributed by atoms with van der Waals surface area (Å²) >= 11 is 0. The van der Waals surface area contributed by atoms with Crippen LogP contribution < -0.4 is 10.1 Å². The zero-order valence-corrected chi connectivity index (χ0v) is 17.6. The second kappa shape index (κ2) is 10.2. The molecule has 3 aromatic rings. The van der Waals surface area contributed by atoms with Crippen LogP contribution in [0.15, 0.2) is 72.8 Å². The Bertz CT molecular complexity index is 1110. The number of rotatable bonds is 8. The van der Waals surface area contributed by atoms with Gasteiger partial charge in [0.1, 0.15) is 11.8 Å². The number of amides is 1. The predicted octanol–water partition coefficient (Wildman–Crippen LogP) is 3.78. The van der Waals surface area contributed by atoms with Crippen LogP contribution in [0.3, 0.4) is 0 Å². The van der Waals surface area contributed by atoms with Crippen molar-refractivity contribution in [2.75, 3.05) is 14.2 Å². The zero-order chi connectivity index (χ0) is 23.1. The standard InChI is InChI=1S/C24H22N2O6/c1-31-22-13-12-20(26(29)30)14-19(22)15-21(24(28)32-2)25-23(27)18-10-8-17(9-11-18)16-6-4-3-5-7-16/h3-14,21H,15H2,1-2H3,(H,25,27)/t21-/m0/s1. The van der Waals surface area contributed by atoms with Gasteiger partial charge in [-0.2, -0.15) is 0 Å². The van der Waals surface area contributed by atoms with Crippen molar-refractivity contribution in [2.45, 2.75) is 12.5 Å². The maximum absolute atomic E-state index is 12.8. The number of esters is 1. The number of ether oxygens (including phenoxy) is 2. The Morgan fingerprint density at radius 1 is 0.969 bits per heavy atom. The summed E-state index contributed by atoms with van der Waals surface area (Å²) in [6.45, 7) is 0. The van der Waals surface area contributed by atoms with Crippen molar-refractivity contribution in [2.24, 2.45) is 0 Å². The summed E-state index contributed by atoms with van der Waals surface area (Å²) in [5.74, 6) is -0.775. The monoisotopic (exact) mass is 434 g/mol. The molecule has 8 nitrogen and oxygen atoms in total. The highest BCUT2D eigenvalue weighted by Gasteiger charge is 2.25. The fraction of sp³-hybridized carbons (Fsp3) is 0.167. The van der Waals surface area contributed by atoms with E-state index in [9.17, 15) is 19.7 Å². The Labute approximate surface area is 184 Å². The summed E-state index contributed by atoms with van der Waals surface area (Å²) in [6.07, 6.45) is -0.0363. The van der Waals surface area contributed by atoms with E-state index in [0.717, 1.165) is 11.1 Å². The number of hydrogen-bond acceptors (Lipinski definition) is 6. The molecule has 0 aliphatic carbocycles. The molecule has 1 amide bonds. The number of methoxy groups -OCH3 is 2. The summed E-state index contributed by atoms with van der Waals surface area (Å²) in [5, 5.41) is 13.8. The van der Waals surface area contributed by atoms with Crippen LogP contribution in [-0.4, -0.2) is 37.1 Å². The second-order valence-corrected chi connectivity index (χ2v) is 6.95. The number of nitro groups is 1. The van der Waals surface area contributed by atoms with Crippen molar-refractivity contribution >= 4 is 17.6 Å². The molecule has 1 atom stereocenters. The number of nitrogens with one attached hydrogen (secondary N) is 1. The average molecular weight is 434 g/mol. The van der Waals surface area contributed by atoms with Crippen molar-refractivity contribution in [1.29, 1.82) is 0 Å². The van der Waals surface area contributed by atoms with E-state index in [2.05, 4.69) is 5.32 Å². The van der Waals surface area contributed by atoms with Crippen LogP contribution >= 0.6 is 0 Å². The van der Waals surface area contributed by atoms with Gasteiger partial charge in [0.2, 0.25) is 0 Å². The normalized spacial score (nSPS) is 11.3. The number of carbonyl (C=O) groups is 2. The van der Waals surface area contributed by atoms with Crippen LogP contribution in [0, 0.1) is 10.1 Å². The molecule has 0 bridgehead atoms. The highest BCUT2D eigenvalue weighted by molar-refractivity contribution is 5.97. The quantitative estimate of drug-likeness (QED) is 0.328. The number of benzene rings is 3. The third-order valence-corrected chi connectivity index (χ3v) is 4.94. The Kier molecular flexibility index (Phi) is 7.17. The van der Waals surface area contributed by atoms with E-state index in [1.54, 1.807) is 12.1 Å². The third-order valence-electron chi connectivity index (χ3n) is 4.94. The van der Waals surface area contributed by atoms with Gasteiger partial charge in [0, 0.05) is 29.7 Å². The SMILES string of the molecule is COC(=O)[C@H](Cc1cc([N+](=O)[O-])ccc1OC)NC(=O)c1ccc(-c2ccccc2)cc1. The average Bonchev–Trinajstić information content (AvgIpc) is 2.83. The molecule has 164 valence electrons. The minimum atomic E-state index is -1.06. The van der Waals surface area contributed by atoms with Gasteiger partial charge in [0.15, 0.2) is 0 Å². The molecule has 0 aromatic heterocycles. The zero-order valence-electron chi connectivity index (χ0n) is 17.6. The highest BCUT2D eigenvalue weighted by atomic mass is 16.6. The lowest BCUT2D eigenvalue weighted by atomic mass is 10.0. The largest absolute Gasteiger partial charge is 0.496 e. The van der Waals surface area contributed by atoms with Gasteiger partial charge in [-0.15, -0.1) is 0 Å². The molecule has 0 unspecified atom stereocenters. The van der Waals surface area contributed by atoms with E-state index in [1.165, 1.54) is 32.4 Å². The molecule has 0 radical (unpaired) electrons. The molecule has 32 heavy (non-hydrogen) atoms. The number of carbonyl (C=O) groups excluding carboxylic acids is 2. The molecule has 0 saturated heterocycles. The van der Waals surface area contributed by atoms with Crippen LogP contribution in [-0.2, 0) is 16.0 Å². The van der Waals surface area contributed by atoms with Crippen LogP contribution in [0.25, 0.3) is 11.1 Å². The first kappa shape index (κ1) is 22.5. The Balaban J connectivity index is 1.80. The Morgan fingerprint density at radius 3 is 2.22 bits per heavy atom. The molecule has 0 aliphatic rings. The summed E-state index contributed by atoms with van der Waals surface area (Å²) in [4.78, 5) is 35.7. The molecule has 0 heterocycles. The van der Waals surface area contributed by atoms with Gasteiger partial charge in [-0.1, -0.05) is 42.5 Å². The number of nitrogens with zero attached hydrogens (tertiary/aromatic N) is 1. The summed E-state index contributed by atoms with van der Waals surface area (Å²) < 4.78 is 10.1. The summed E-state index contributed by atoms with van der Waals surface area (Å²) in [6, 6.07) is 19.7. The van der Waals surface area contributed by atoms with Gasteiger partial charge in [-0.25, -0.2) is 4.79 Å². The first-order valence-electron chi connectivity index (χ1n) is 9.78. The van der Waals surface area contributed by atoms with Crippen molar-refractivity contribution < 1.29 is 24.0 Å². The van der Waals surface area contributed by atoms with Crippen LogP contribution in [0.1, 0.15) is 15.9 Å². The highest BCUT2D eigenvalue weighted by Crippen LogP contribution is 2.25. The first-order valence-corrected chi connectivity index (χ1v) is 9.78. The molecule has 8 heteroatoms. The molecule has 0 spiro atoms. The van der Waals surface area contributed by atoms with Gasteiger partial charge in [-0.3, -0.25) is 14.9 Å². The van der Waals surface area contributed by atoms with Crippen molar-refractivity contribution in [1.82, 2.24) is 5.32 Å². The number of nitro benzene ring substituents is 1. The first-order chi connectivity index (χ1) is 15.4. The van der Waals surface area contributed by atoms with Gasteiger partial charge >= 0.3 is 5.97 Å². The third kappa shape index (κ3) is 5.28. The predicted molar refractivity (Wildman–Crippen MR) is 119 cm³/mol. The summed E-state index contributed by atoms with van der Waals surface area (Å²) in [7, 11) is 2.63. The number of non-ortho nitro benzene ring substituents is 1. The molecular formula is C24H22N2O6. The minimum absolute atomic E-state index is 0.0363. The maximum Gasteiger partial charge on any atom is 0.328 e. The molecule has 0 saturated carbocycles. The van der Waals surface area contributed by atoms with E-state index in [-0.39, 0.29) is 12.1 Å². The fourth-order valence-electron chi connectivity index (χ4n) is 3.28. The lowest BCUT2D eigenvalue weighted by Gasteiger charge is -2.18. The Hall–Kier alpha value is -4.20. The van der Waals surface area contributed by atoms with Crippen molar-refractivity contribution in [3.63, 3.8) is 0 Å². The number of hydrogen-bond donors (Lipinski definition) is 1. The van der Waals surface area contributed by atoms with E-state index in [4.69, 9.17) is 9.47 Å². The van der Waals surface area contributed by atoms with Crippen LogP contribution in [0.4, 0.5) is 5.69 Å². The van der Waals surface area contributed by atoms with Gasteiger partial charge in [-0.05, 0) is 29.3 Å². The molecule has 1 N–H and O–H groups in total. The molecule has 3 rings (SSSR count). The molecule has 0 fully saturated rings. The van der Waals surface area contributed by atoms with Crippen LogP contribution in [0.5, 0.6) is 5.75 Å². The van der Waals surface area contributed by atoms with Gasteiger partial charge in [0.05, 0.1) is 19.1 Å². The second-order valence-electron chi connectivity index (χ2n) is 6.95. The van der Waals surface area contributed by atoms with E-state index in [0.29, 0.717) is 16.9 Å². The molecule has 0 aliphatic heterocycles. The van der Waals surface area contributed by atoms with E-state index >= 15 is 0 Å². The minimum Gasteiger partial charge on any atom is -0.496 e. The summed E-state index contributed by atoms with van der Waals surface area (Å²) in [5.41, 5.74) is 2.59. The van der Waals surface area contributed by atoms with Crippen molar-refractivity contribution in [3.8, 4) is 16.9 Å². The fourth-order valence-corrected chi connectivity index (χ4v) is 3.28. The van der Waals surface area contributed by atoms with Gasteiger partial charge < -0.3 is 14.8 Å². The molecular weight excluding hydrogens is 412 g/mol. The smallest absolute Gasteiger partial charge is 0.328 e. The lowest BCUT2D eigenvalue weighted by molar-refractivity contribution is -0.384. The van der Waals surface area contributed by atoms with Gasteiger partial charge in [0.25, 0.3) is 11.6 Å². The van der Waals surface area contributed by atoms with Crippen molar-refractivity contribution in [3.05, 3.63) is 94.0 Å². The maximum atomic E-state index is 12.8. The Morgan fingerprint density at radius 2 is 1.62 bits per heavy atom. The topological polar surface area (TPSA) is 108 Å². The van der Waals surface area contributed by atoms with Crippen LogP contribution in [0.2, 0.25) is 0 Å². The lowest BCUT2D eigenvalue weighted by Crippen LogP contribution is -2.43. The van der Waals surface area contributed by atoms with E-state index in [1.807, 2.05) is 42.5 Å².